The molecule has 0 radical (unpaired) electrons. The van der Waals surface area contributed by atoms with E-state index in [-0.39, 0.29) is 25.0 Å². The molecule has 0 saturated carbocycles. The van der Waals surface area contributed by atoms with Gasteiger partial charge in [0.05, 0.1) is 18.6 Å². The third kappa shape index (κ3) is 4.35. The molecule has 0 aliphatic carbocycles. The average Bonchev–Trinajstić information content (AvgIpc) is 3.17. The Hall–Kier alpha value is -2.19. The molecule has 0 aromatic carbocycles. The van der Waals surface area contributed by atoms with Crippen LogP contribution in [0.5, 0.6) is 0 Å². The lowest BCUT2D eigenvalue weighted by molar-refractivity contribution is -0.155. The monoisotopic (exact) mass is 460 g/mol. The molecule has 0 aromatic rings. The zero-order valence-corrected chi connectivity index (χ0v) is 19.5. The van der Waals surface area contributed by atoms with Crippen LogP contribution in [-0.4, -0.2) is 83.3 Å². The highest BCUT2D eigenvalue weighted by Gasteiger charge is 2.71. The van der Waals surface area contributed by atoms with Gasteiger partial charge in [-0.25, -0.2) is 0 Å². The fourth-order valence-corrected chi connectivity index (χ4v) is 5.69. The van der Waals surface area contributed by atoms with Crippen LogP contribution in [0.3, 0.4) is 0 Å². The van der Waals surface area contributed by atoms with Crippen LogP contribution < -0.4 is 0 Å². The van der Waals surface area contributed by atoms with E-state index in [2.05, 4.69) is 6.92 Å². The Morgan fingerprint density at radius 3 is 2.67 bits per heavy atom. The van der Waals surface area contributed by atoms with E-state index in [1.807, 2.05) is 29.2 Å². The van der Waals surface area contributed by atoms with Crippen LogP contribution in [0.2, 0.25) is 0 Å². The second-order valence-corrected chi connectivity index (χ2v) is 9.44. The van der Waals surface area contributed by atoms with Gasteiger partial charge in [-0.3, -0.25) is 14.4 Å². The molecule has 2 fully saturated rings. The first-order valence-corrected chi connectivity index (χ1v) is 12.4. The number of rotatable bonds is 9. The molecule has 2 amide bonds. The Bertz CT molecular complexity index is 811. The molecule has 1 spiro atoms. The summed E-state index contributed by atoms with van der Waals surface area (Å²) in [4.78, 5) is 44.1. The van der Waals surface area contributed by atoms with Gasteiger partial charge in [-0.2, -0.15) is 0 Å². The molecule has 0 aromatic heterocycles. The summed E-state index contributed by atoms with van der Waals surface area (Å²) < 4.78 is 12.0. The van der Waals surface area contributed by atoms with E-state index in [1.165, 1.54) is 0 Å². The van der Waals surface area contributed by atoms with Gasteiger partial charge in [0.25, 0.3) is 0 Å². The topological polar surface area (TPSA) is 96.4 Å². The standard InChI is InChI=1S/C25H36N2O6/c1-2-3-13-26-14-10-12-25-20(19-18(33-25)11-6-9-17-32-24(19)31)22(29)27(21(25)23(26)30)15-7-4-5-8-16-28/h6,10-12,18-21,28H,2-5,7-9,13-17H2,1H3/t18-,19+,20-,21?,25-/m0/s1. The summed E-state index contributed by atoms with van der Waals surface area (Å²) >= 11 is 0. The number of fused-ring (bicyclic) bond motifs is 2. The summed E-state index contributed by atoms with van der Waals surface area (Å²) in [6.45, 7) is 4.05. The largest absolute Gasteiger partial charge is 0.465 e. The van der Waals surface area contributed by atoms with E-state index in [1.54, 1.807) is 4.90 Å². The highest BCUT2D eigenvalue weighted by Crippen LogP contribution is 2.53. The molecule has 4 aliphatic rings. The van der Waals surface area contributed by atoms with E-state index < -0.39 is 35.6 Å². The number of nitrogens with zero attached hydrogens (tertiary/aromatic N) is 2. The fraction of sp³-hybridized carbons (Fsp3) is 0.720. The number of esters is 1. The van der Waals surface area contributed by atoms with Crippen molar-refractivity contribution in [2.24, 2.45) is 11.8 Å². The number of likely N-dealkylation sites (tertiary alicyclic amines) is 1. The zero-order valence-electron chi connectivity index (χ0n) is 19.5. The van der Waals surface area contributed by atoms with Crippen LogP contribution in [-0.2, 0) is 23.9 Å². The van der Waals surface area contributed by atoms with E-state index in [0.29, 0.717) is 26.1 Å². The van der Waals surface area contributed by atoms with Crippen molar-refractivity contribution in [3.63, 3.8) is 0 Å². The minimum atomic E-state index is -1.16. The van der Waals surface area contributed by atoms with Crippen molar-refractivity contribution >= 4 is 17.8 Å². The smallest absolute Gasteiger partial charge is 0.312 e. The molecule has 0 bridgehead atoms. The molecule has 4 heterocycles. The first-order valence-electron chi connectivity index (χ1n) is 12.4. The van der Waals surface area contributed by atoms with Gasteiger partial charge in [0, 0.05) is 26.2 Å². The van der Waals surface area contributed by atoms with Crippen LogP contribution in [0.4, 0.5) is 0 Å². The summed E-state index contributed by atoms with van der Waals surface area (Å²) in [5.41, 5.74) is -1.16. The Morgan fingerprint density at radius 2 is 1.88 bits per heavy atom. The minimum Gasteiger partial charge on any atom is -0.465 e. The lowest BCUT2D eigenvalue weighted by Crippen LogP contribution is -2.55. The molecule has 4 aliphatic heterocycles. The predicted octanol–water partition coefficient (Wildman–Crippen LogP) is 1.82. The first kappa shape index (κ1) is 24.0. The van der Waals surface area contributed by atoms with Gasteiger partial charge in [0.1, 0.15) is 17.6 Å². The molecular formula is C25H36N2O6. The van der Waals surface area contributed by atoms with Gasteiger partial charge in [0.15, 0.2) is 0 Å². The quantitative estimate of drug-likeness (QED) is 0.320. The predicted molar refractivity (Wildman–Crippen MR) is 121 cm³/mol. The van der Waals surface area contributed by atoms with Crippen molar-refractivity contribution in [1.82, 2.24) is 9.80 Å². The van der Waals surface area contributed by atoms with E-state index in [9.17, 15) is 14.4 Å². The molecular weight excluding hydrogens is 424 g/mol. The second-order valence-electron chi connectivity index (χ2n) is 9.44. The number of amides is 2. The fourth-order valence-electron chi connectivity index (χ4n) is 5.69. The Balaban J connectivity index is 1.68. The van der Waals surface area contributed by atoms with Gasteiger partial charge in [-0.1, -0.05) is 50.5 Å². The van der Waals surface area contributed by atoms with Crippen LogP contribution >= 0.6 is 0 Å². The summed E-state index contributed by atoms with van der Waals surface area (Å²) in [6.07, 6.45) is 12.6. The molecule has 8 nitrogen and oxygen atoms in total. The van der Waals surface area contributed by atoms with Crippen LogP contribution in [0.1, 0.15) is 51.9 Å². The zero-order chi connectivity index (χ0) is 23.4. The van der Waals surface area contributed by atoms with E-state index in [4.69, 9.17) is 14.6 Å². The van der Waals surface area contributed by atoms with E-state index in [0.717, 1.165) is 38.5 Å². The number of carbonyl (C=O) groups excluding carboxylic acids is 3. The lowest BCUT2D eigenvalue weighted by Gasteiger charge is -2.35. The number of carbonyl (C=O) groups is 3. The number of unbranched alkanes of at least 4 members (excludes halogenated alkanes) is 4. The van der Waals surface area contributed by atoms with Crippen molar-refractivity contribution in [3.8, 4) is 0 Å². The maximum atomic E-state index is 13.8. The van der Waals surface area contributed by atoms with Crippen molar-refractivity contribution in [2.75, 3.05) is 32.8 Å². The van der Waals surface area contributed by atoms with Crippen molar-refractivity contribution in [2.45, 2.75) is 69.6 Å². The molecule has 33 heavy (non-hydrogen) atoms. The Labute approximate surface area is 195 Å². The number of aliphatic hydroxyl groups is 1. The third-order valence-corrected chi connectivity index (χ3v) is 7.29. The normalized spacial score (nSPS) is 33.3. The lowest BCUT2D eigenvalue weighted by atomic mass is 9.77. The Morgan fingerprint density at radius 1 is 1.06 bits per heavy atom. The summed E-state index contributed by atoms with van der Waals surface area (Å²) in [5.74, 6) is -2.25. The summed E-state index contributed by atoms with van der Waals surface area (Å²) in [7, 11) is 0. The molecule has 2 saturated heterocycles. The molecule has 5 atom stereocenters. The third-order valence-electron chi connectivity index (χ3n) is 7.29. The van der Waals surface area contributed by atoms with Crippen molar-refractivity contribution < 1.29 is 29.0 Å². The number of aliphatic hydroxyl groups excluding tert-OH is 1. The minimum absolute atomic E-state index is 0.105. The number of cyclic esters (lactones) is 1. The maximum Gasteiger partial charge on any atom is 0.312 e. The summed E-state index contributed by atoms with van der Waals surface area (Å²) in [6, 6.07) is -0.780. The number of ether oxygens (including phenoxy) is 2. The molecule has 8 heteroatoms. The van der Waals surface area contributed by atoms with Gasteiger partial charge in [-0.15, -0.1) is 0 Å². The maximum absolute atomic E-state index is 13.8. The highest BCUT2D eigenvalue weighted by atomic mass is 16.6. The highest BCUT2D eigenvalue weighted by molar-refractivity contribution is 5.99. The van der Waals surface area contributed by atoms with Crippen LogP contribution in [0.15, 0.2) is 24.3 Å². The Kier molecular flexibility index (Phi) is 7.54. The number of hydrogen-bond donors (Lipinski definition) is 1. The van der Waals surface area contributed by atoms with Crippen molar-refractivity contribution in [1.29, 1.82) is 0 Å². The molecule has 1 unspecified atom stereocenters. The SMILES string of the molecule is CCCCN1CC=C[C@]23O[C@H]4C=CCCOC(=O)[C@H]4[C@H]2C(=O)N(CCCCCCO)C3C1=O. The number of hydrogen-bond acceptors (Lipinski definition) is 6. The van der Waals surface area contributed by atoms with Crippen LogP contribution in [0, 0.1) is 11.8 Å². The van der Waals surface area contributed by atoms with Crippen molar-refractivity contribution in [3.05, 3.63) is 24.3 Å². The van der Waals surface area contributed by atoms with Gasteiger partial charge >= 0.3 is 5.97 Å². The van der Waals surface area contributed by atoms with Gasteiger partial charge in [0.2, 0.25) is 11.8 Å². The van der Waals surface area contributed by atoms with Gasteiger partial charge < -0.3 is 24.4 Å². The molecule has 4 rings (SSSR count). The average molecular weight is 461 g/mol. The van der Waals surface area contributed by atoms with E-state index >= 15 is 0 Å². The van der Waals surface area contributed by atoms with Gasteiger partial charge in [-0.05, 0) is 25.7 Å². The first-order chi connectivity index (χ1) is 16.0. The molecule has 1 N–H and O–H groups in total. The second kappa shape index (κ2) is 10.4. The van der Waals surface area contributed by atoms with Crippen LogP contribution in [0.25, 0.3) is 0 Å². The molecule has 182 valence electrons. The summed E-state index contributed by atoms with van der Waals surface area (Å²) in [5, 5.41) is 9.04.